The van der Waals surface area contributed by atoms with Crippen LogP contribution in [-0.2, 0) is 11.2 Å². The van der Waals surface area contributed by atoms with Gasteiger partial charge >= 0.3 is 6.03 Å². The van der Waals surface area contributed by atoms with Crippen LogP contribution in [0.4, 0.5) is 4.79 Å². The molecule has 1 aliphatic heterocycles. The van der Waals surface area contributed by atoms with Crippen LogP contribution in [0.25, 0.3) is 5.69 Å². The Balaban J connectivity index is 1.39. The highest BCUT2D eigenvalue weighted by Crippen LogP contribution is 2.10. The Morgan fingerprint density at radius 1 is 1.30 bits per heavy atom. The van der Waals surface area contributed by atoms with Gasteiger partial charge in [-0.3, -0.25) is 0 Å². The quantitative estimate of drug-likeness (QED) is 0.853. The Morgan fingerprint density at radius 3 is 2.96 bits per heavy atom. The highest BCUT2D eigenvalue weighted by molar-refractivity contribution is 5.73. The number of hydrogen-bond donors (Lipinski definition) is 2. The van der Waals surface area contributed by atoms with E-state index in [9.17, 15) is 4.79 Å². The molecule has 0 bridgehead atoms. The molecule has 1 fully saturated rings. The summed E-state index contributed by atoms with van der Waals surface area (Å²) in [5.74, 6) is 0.449. The zero-order chi connectivity index (χ0) is 15.9. The summed E-state index contributed by atoms with van der Waals surface area (Å²) in [7, 11) is 0. The molecule has 2 amide bonds. The lowest BCUT2D eigenvalue weighted by molar-refractivity contribution is 0.185. The number of nitrogens with zero attached hydrogens (tertiary/aromatic N) is 2. The highest BCUT2D eigenvalue weighted by Gasteiger charge is 2.15. The van der Waals surface area contributed by atoms with Crippen molar-refractivity contribution in [3.05, 3.63) is 48.3 Å². The van der Waals surface area contributed by atoms with Crippen LogP contribution in [0, 0.1) is 5.92 Å². The number of para-hydroxylation sites is 1. The Labute approximate surface area is 135 Å². The van der Waals surface area contributed by atoms with Gasteiger partial charge in [-0.05, 0) is 30.5 Å². The largest absolute Gasteiger partial charge is 0.381 e. The van der Waals surface area contributed by atoms with Crippen molar-refractivity contribution in [1.82, 2.24) is 20.4 Å². The van der Waals surface area contributed by atoms with E-state index in [0.717, 1.165) is 37.3 Å². The summed E-state index contributed by atoms with van der Waals surface area (Å²) >= 11 is 0. The van der Waals surface area contributed by atoms with Crippen molar-refractivity contribution in [2.75, 3.05) is 26.3 Å². The van der Waals surface area contributed by atoms with E-state index in [2.05, 4.69) is 15.7 Å². The summed E-state index contributed by atoms with van der Waals surface area (Å²) in [4.78, 5) is 11.7. The summed E-state index contributed by atoms with van der Waals surface area (Å²) < 4.78 is 7.13. The third-order valence-electron chi connectivity index (χ3n) is 3.93. The van der Waals surface area contributed by atoms with Gasteiger partial charge in [0, 0.05) is 31.8 Å². The van der Waals surface area contributed by atoms with Crippen LogP contribution in [0.1, 0.15) is 12.0 Å². The molecule has 1 aromatic heterocycles. The van der Waals surface area contributed by atoms with Crippen molar-refractivity contribution in [2.45, 2.75) is 12.8 Å². The van der Waals surface area contributed by atoms with E-state index in [1.807, 2.05) is 47.4 Å². The molecule has 1 atom stereocenters. The topological polar surface area (TPSA) is 68.2 Å². The van der Waals surface area contributed by atoms with Crippen LogP contribution in [-0.4, -0.2) is 42.1 Å². The first-order chi connectivity index (χ1) is 11.3. The van der Waals surface area contributed by atoms with E-state index < -0.39 is 0 Å². The van der Waals surface area contributed by atoms with Gasteiger partial charge in [-0.1, -0.05) is 18.2 Å². The normalized spacial score (nSPS) is 17.1. The van der Waals surface area contributed by atoms with Crippen LogP contribution in [0.3, 0.4) is 0 Å². The molecule has 0 aliphatic carbocycles. The minimum atomic E-state index is -0.118. The second-order valence-electron chi connectivity index (χ2n) is 5.75. The lowest BCUT2D eigenvalue weighted by Gasteiger charge is -2.10. The molecule has 6 nitrogen and oxygen atoms in total. The number of rotatable bonds is 6. The van der Waals surface area contributed by atoms with Crippen molar-refractivity contribution < 1.29 is 9.53 Å². The zero-order valence-corrected chi connectivity index (χ0v) is 13.1. The number of ether oxygens (including phenoxy) is 1. The van der Waals surface area contributed by atoms with E-state index in [1.54, 1.807) is 0 Å². The molecule has 122 valence electrons. The lowest BCUT2D eigenvalue weighted by atomic mass is 10.1. The molecule has 2 aromatic rings. The van der Waals surface area contributed by atoms with Crippen molar-refractivity contribution in [1.29, 1.82) is 0 Å². The summed E-state index contributed by atoms with van der Waals surface area (Å²) in [6.45, 7) is 2.82. The molecule has 23 heavy (non-hydrogen) atoms. The van der Waals surface area contributed by atoms with E-state index >= 15 is 0 Å². The van der Waals surface area contributed by atoms with Gasteiger partial charge in [0.1, 0.15) is 0 Å². The first-order valence-electron chi connectivity index (χ1n) is 7.99. The number of nitrogens with one attached hydrogen (secondary N) is 2. The van der Waals surface area contributed by atoms with Crippen LogP contribution in [0.15, 0.2) is 42.7 Å². The van der Waals surface area contributed by atoms with E-state index in [4.69, 9.17) is 4.74 Å². The second kappa shape index (κ2) is 7.78. The maximum Gasteiger partial charge on any atom is 0.314 e. The Bertz CT molecular complexity index is 621. The van der Waals surface area contributed by atoms with Gasteiger partial charge in [0.15, 0.2) is 0 Å². The van der Waals surface area contributed by atoms with Crippen LogP contribution in [0.2, 0.25) is 0 Å². The average molecular weight is 314 g/mol. The lowest BCUT2D eigenvalue weighted by Crippen LogP contribution is -2.39. The summed E-state index contributed by atoms with van der Waals surface area (Å²) in [5.41, 5.74) is 2.13. The van der Waals surface area contributed by atoms with Gasteiger partial charge in [0.05, 0.1) is 18.5 Å². The Kier molecular flexibility index (Phi) is 5.26. The van der Waals surface area contributed by atoms with Crippen LogP contribution >= 0.6 is 0 Å². The summed E-state index contributed by atoms with van der Waals surface area (Å²) in [6, 6.07) is 9.85. The standard InChI is InChI=1S/C17H22N4O2/c22-17(19-10-15-7-9-23-13-15)18-8-6-14-11-20-21(12-14)16-4-2-1-3-5-16/h1-5,11-12,15H,6-10,13H2,(H2,18,19,22). The number of urea groups is 1. The molecule has 6 heteroatoms. The summed E-state index contributed by atoms with van der Waals surface area (Å²) in [5, 5.41) is 10.1. The van der Waals surface area contributed by atoms with Crippen LogP contribution in [0.5, 0.6) is 0 Å². The molecule has 1 unspecified atom stereocenters. The van der Waals surface area contributed by atoms with Crippen molar-refractivity contribution in [2.24, 2.45) is 5.92 Å². The first-order valence-corrected chi connectivity index (χ1v) is 7.99. The maximum absolute atomic E-state index is 11.7. The van der Waals surface area contributed by atoms with E-state index in [0.29, 0.717) is 19.0 Å². The fourth-order valence-corrected chi connectivity index (χ4v) is 2.58. The number of benzene rings is 1. The number of amides is 2. The number of carbonyl (C=O) groups is 1. The Morgan fingerprint density at radius 2 is 2.17 bits per heavy atom. The number of hydrogen-bond acceptors (Lipinski definition) is 3. The maximum atomic E-state index is 11.7. The molecule has 0 spiro atoms. The van der Waals surface area contributed by atoms with Gasteiger partial charge in [-0.25, -0.2) is 9.48 Å². The third kappa shape index (κ3) is 4.56. The SMILES string of the molecule is O=C(NCCc1cnn(-c2ccccc2)c1)NCC1CCOC1. The molecule has 3 rings (SSSR count). The monoisotopic (exact) mass is 314 g/mol. The van der Waals surface area contributed by atoms with Gasteiger partial charge in [-0.2, -0.15) is 5.10 Å². The minimum absolute atomic E-state index is 0.118. The predicted octanol–water partition coefficient (Wildman–Crippen LogP) is 1.75. The van der Waals surface area contributed by atoms with Gasteiger partial charge in [0.2, 0.25) is 0 Å². The molecular formula is C17H22N4O2. The highest BCUT2D eigenvalue weighted by atomic mass is 16.5. The molecular weight excluding hydrogens is 292 g/mol. The third-order valence-corrected chi connectivity index (χ3v) is 3.93. The smallest absolute Gasteiger partial charge is 0.314 e. The molecule has 2 heterocycles. The molecule has 0 saturated carbocycles. The van der Waals surface area contributed by atoms with Gasteiger partial charge in [-0.15, -0.1) is 0 Å². The van der Waals surface area contributed by atoms with E-state index in [-0.39, 0.29) is 6.03 Å². The summed E-state index contributed by atoms with van der Waals surface area (Å²) in [6.07, 6.45) is 5.61. The van der Waals surface area contributed by atoms with E-state index in [1.165, 1.54) is 0 Å². The first kappa shape index (κ1) is 15.6. The van der Waals surface area contributed by atoms with Crippen molar-refractivity contribution in [3.63, 3.8) is 0 Å². The Hall–Kier alpha value is -2.34. The van der Waals surface area contributed by atoms with Gasteiger partial charge in [0.25, 0.3) is 0 Å². The van der Waals surface area contributed by atoms with Crippen molar-refractivity contribution >= 4 is 6.03 Å². The molecule has 1 aromatic carbocycles. The minimum Gasteiger partial charge on any atom is -0.381 e. The second-order valence-corrected chi connectivity index (χ2v) is 5.75. The fourth-order valence-electron chi connectivity index (χ4n) is 2.58. The zero-order valence-electron chi connectivity index (χ0n) is 13.1. The molecule has 2 N–H and O–H groups in total. The molecule has 0 radical (unpaired) electrons. The van der Waals surface area contributed by atoms with Crippen molar-refractivity contribution in [3.8, 4) is 5.69 Å². The van der Waals surface area contributed by atoms with Gasteiger partial charge < -0.3 is 15.4 Å². The average Bonchev–Trinajstić information content (AvgIpc) is 3.26. The van der Waals surface area contributed by atoms with Crippen LogP contribution < -0.4 is 10.6 Å². The molecule has 1 aliphatic rings. The fraction of sp³-hybridized carbons (Fsp3) is 0.412. The number of aromatic nitrogens is 2. The number of carbonyl (C=O) groups excluding carboxylic acids is 1. The molecule has 1 saturated heterocycles. The predicted molar refractivity (Wildman–Crippen MR) is 87.6 cm³/mol.